The Bertz CT molecular complexity index is 1040. The molecule has 0 N–H and O–H groups in total. The third kappa shape index (κ3) is 6.20. The van der Waals surface area contributed by atoms with Crippen molar-refractivity contribution in [3.63, 3.8) is 0 Å². The first-order valence-electron chi connectivity index (χ1n) is 10.1. The molecule has 1 fully saturated rings. The molecule has 0 aliphatic carbocycles. The summed E-state index contributed by atoms with van der Waals surface area (Å²) in [5, 5.41) is 2.89. The van der Waals surface area contributed by atoms with E-state index in [0.717, 1.165) is 34.9 Å². The topological polar surface area (TPSA) is 72.3 Å². The third-order valence-corrected chi connectivity index (χ3v) is 5.98. The Balaban J connectivity index is 0.000000858. The van der Waals surface area contributed by atoms with Gasteiger partial charge in [0.05, 0.1) is 24.5 Å². The van der Waals surface area contributed by atoms with Crippen LogP contribution in [0, 0.1) is 6.92 Å². The molecule has 162 valence electrons. The summed E-state index contributed by atoms with van der Waals surface area (Å²) in [6.45, 7) is 3.83. The lowest BCUT2D eigenvalue weighted by Gasteiger charge is -2.28. The number of thiazole rings is 1. The zero-order valence-electron chi connectivity index (χ0n) is 17.3. The summed E-state index contributed by atoms with van der Waals surface area (Å²) in [6.07, 6.45) is 3.37. The highest BCUT2D eigenvalue weighted by Crippen LogP contribution is 2.26. The Morgan fingerprint density at radius 3 is 2.74 bits per heavy atom. The Hall–Kier alpha value is -3.09. The SMILES string of the molecule is Cc1cc(C(=O)Cc2ccccc2)n(Cc2csc(N3CCCC(F)C3)n2)c1.O=C=O. The highest BCUT2D eigenvalue weighted by atomic mass is 32.1. The number of alkyl halides is 1. The van der Waals surface area contributed by atoms with Gasteiger partial charge in [-0.2, -0.15) is 9.59 Å². The molecule has 4 rings (SSSR count). The molecule has 0 amide bonds. The zero-order chi connectivity index (χ0) is 22.2. The number of anilines is 1. The second kappa shape index (κ2) is 10.8. The predicted octanol–water partition coefficient (Wildman–Crippen LogP) is 4.08. The van der Waals surface area contributed by atoms with Crippen LogP contribution in [0.3, 0.4) is 0 Å². The molecule has 1 aliphatic rings. The van der Waals surface area contributed by atoms with E-state index in [1.54, 1.807) is 11.3 Å². The lowest BCUT2D eigenvalue weighted by atomic mass is 10.1. The van der Waals surface area contributed by atoms with Gasteiger partial charge in [-0.3, -0.25) is 4.79 Å². The van der Waals surface area contributed by atoms with Crippen LogP contribution in [0.5, 0.6) is 0 Å². The fourth-order valence-corrected chi connectivity index (χ4v) is 4.54. The van der Waals surface area contributed by atoms with Crippen LogP contribution >= 0.6 is 11.3 Å². The Morgan fingerprint density at radius 2 is 2.03 bits per heavy atom. The molecule has 1 aromatic carbocycles. The van der Waals surface area contributed by atoms with Gasteiger partial charge in [0, 0.05) is 24.5 Å². The number of halogens is 1. The number of piperidine rings is 1. The van der Waals surface area contributed by atoms with Gasteiger partial charge in [0.2, 0.25) is 0 Å². The van der Waals surface area contributed by atoms with E-state index >= 15 is 0 Å². The van der Waals surface area contributed by atoms with E-state index in [4.69, 9.17) is 14.6 Å². The Morgan fingerprint density at radius 1 is 1.29 bits per heavy atom. The van der Waals surface area contributed by atoms with Crippen molar-refractivity contribution in [2.75, 3.05) is 18.0 Å². The predicted molar refractivity (Wildman–Crippen MR) is 116 cm³/mol. The largest absolute Gasteiger partial charge is 0.373 e. The van der Waals surface area contributed by atoms with Gasteiger partial charge in [0.25, 0.3) is 0 Å². The van der Waals surface area contributed by atoms with Crippen LogP contribution in [0.2, 0.25) is 0 Å². The van der Waals surface area contributed by atoms with Crippen molar-refractivity contribution in [2.24, 2.45) is 0 Å². The van der Waals surface area contributed by atoms with Gasteiger partial charge in [-0.05, 0) is 37.0 Å². The summed E-state index contributed by atoms with van der Waals surface area (Å²) in [5.74, 6) is 0.103. The number of nitrogens with zero attached hydrogens (tertiary/aromatic N) is 3. The van der Waals surface area contributed by atoms with Crippen molar-refractivity contribution in [3.05, 3.63) is 70.5 Å². The van der Waals surface area contributed by atoms with Gasteiger partial charge in [0.1, 0.15) is 6.17 Å². The van der Waals surface area contributed by atoms with Crippen LogP contribution in [0.1, 0.15) is 40.2 Å². The summed E-state index contributed by atoms with van der Waals surface area (Å²) in [4.78, 5) is 35.8. The average Bonchev–Trinajstić information content (AvgIpc) is 3.36. The number of carbonyl (C=O) groups excluding carboxylic acids is 3. The van der Waals surface area contributed by atoms with Crippen LogP contribution in [0.15, 0.2) is 48.0 Å². The Labute approximate surface area is 184 Å². The molecular formula is C23H24FN3O3S. The first-order valence-corrected chi connectivity index (χ1v) is 10.9. The molecular weight excluding hydrogens is 417 g/mol. The zero-order valence-corrected chi connectivity index (χ0v) is 18.1. The van der Waals surface area contributed by atoms with Crippen LogP contribution in [-0.2, 0) is 22.6 Å². The number of hydrogen-bond acceptors (Lipinski definition) is 6. The molecule has 0 radical (unpaired) electrons. The minimum atomic E-state index is -0.768. The molecule has 8 heteroatoms. The van der Waals surface area contributed by atoms with Crippen molar-refractivity contribution in [2.45, 2.75) is 38.9 Å². The smallest absolute Gasteiger partial charge is 0.345 e. The molecule has 0 bridgehead atoms. The molecule has 2 aromatic heterocycles. The third-order valence-electron chi connectivity index (χ3n) is 5.03. The average molecular weight is 442 g/mol. The van der Waals surface area contributed by atoms with Gasteiger partial charge in [-0.25, -0.2) is 9.37 Å². The van der Waals surface area contributed by atoms with E-state index in [-0.39, 0.29) is 11.9 Å². The monoisotopic (exact) mass is 441 g/mol. The van der Waals surface area contributed by atoms with Crippen LogP contribution in [0.4, 0.5) is 9.52 Å². The summed E-state index contributed by atoms with van der Waals surface area (Å²) in [7, 11) is 0. The maximum absolute atomic E-state index is 13.7. The lowest BCUT2D eigenvalue weighted by Crippen LogP contribution is -2.36. The minimum Gasteiger partial charge on any atom is -0.345 e. The van der Waals surface area contributed by atoms with E-state index in [0.29, 0.717) is 31.6 Å². The molecule has 1 unspecified atom stereocenters. The van der Waals surface area contributed by atoms with Gasteiger partial charge >= 0.3 is 6.15 Å². The maximum Gasteiger partial charge on any atom is 0.373 e. The van der Waals surface area contributed by atoms with Crippen LogP contribution < -0.4 is 4.90 Å². The van der Waals surface area contributed by atoms with Crippen LogP contribution in [-0.4, -0.2) is 40.7 Å². The minimum absolute atomic E-state index is 0.103. The highest BCUT2D eigenvalue weighted by molar-refractivity contribution is 7.13. The number of aromatic nitrogens is 2. The highest BCUT2D eigenvalue weighted by Gasteiger charge is 2.22. The fourth-order valence-electron chi connectivity index (χ4n) is 3.68. The number of carbonyl (C=O) groups is 1. The van der Waals surface area contributed by atoms with E-state index < -0.39 is 6.17 Å². The first-order chi connectivity index (χ1) is 15.0. The summed E-state index contributed by atoms with van der Waals surface area (Å²) >= 11 is 1.55. The van der Waals surface area contributed by atoms with Crippen molar-refractivity contribution in [1.29, 1.82) is 0 Å². The summed E-state index contributed by atoms with van der Waals surface area (Å²) in [6, 6.07) is 11.7. The maximum atomic E-state index is 13.7. The molecule has 31 heavy (non-hydrogen) atoms. The summed E-state index contributed by atoms with van der Waals surface area (Å²) < 4.78 is 15.7. The first kappa shape index (κ1) is 22.6. The van der Waals surface area contributed by atoms with Gasteiger partial charge in [0.15, 0.2) is 10.9 Å². The number of ketones is 1. The molecule has 6 nitrogen and oxygen atoms in total. The molecule has 1 atom stereocenters. The number of hydrogen-bond donors (Lipinski definition) is 0. The van der Waals surface area contributed by atoms with Crippen molar-refractivity contribution < 1.29 is 18.8 Å². The van der Waals surface area contributed by atoms with E-state index in [1.807, 2.05) is 64.4 Å². The molecule has 3 aromatic rings. The van der Waals surface area contributed by atoms with Gasteiger partial charge in [-0.1, -0.05) is 30.3 Å². The molecule has 3 heterocycles. The Kier molecular flexibility index (Phi) is 7.87. The number of rotatable bonds is 6. The lowest BCUT2D eigenvalue weighted by molar-refractivity contribution is -0.191. The second-order valence-electron chi connectivity index (χ2n) is 7.51. The van der Waals surface area contributed by atoms with E-state index in [1.165, 1.54) is 0 Å². The standard InChI is InChI=1S/C22H24FN3OS.CO2/c1-16-10-20(21(27)11-17-6-3-2-4-7-17)26(12-16)14-19-15-28-22(24-19)25-9-5-8-18(23)13-25;2-1-3/h2-4,6-7,10,12,15,18H,5,8-9,11,13-14H2,1H3;. The van der Waals surface area contributed by atoms with E-state index in [9.17, 15) is 9.18 Å². The fraction of sp³-hybridized carbons (Fsp3) is 0.348. The normalized spacial score (nSPS) is 15.7. The van der Waals surface area contributed by atoms with Crippen LogP contribution in [0.25, 0.3) is 0 Å². The molecule has 1 saturated heterocycles. The van der Waals surface area contributed by atoms with Crippen molar-refractivity contribution in [1.82, 2.24) is 9.55 Å². The molecule has 1 aliphatic heterocycles. The second-order valence-corrected chi connectivity index (χ2v) is 8.34. The number of aryl methyl sites for hydroxylation is 1. The van der Waals surface area contributed by atoms with Crippen molar-refractivity contribution in [3.8, 4) is 0 Å². The number of Topliss-reactive ketones (excluding diaryl/α,β-unsaturated/α-hetero) is 1. The molecule has 0 saturated carbocycles. The van der Waals surface area contributed by atoms with E-state index in [2.05, 4.69) is 0 Å². The quantitative estimate of drug-likeness (QED) is 0.539. The summed E-state index contributed by atoms with van der Waals surface area (Å²) in [5.41, 5.74) is 3.69. The van der Waals surface area contributed by atoms with Gasteiger partial charge in [-0.15, -0.1) is 11.3 Å². The van der Waals surface area contributed by atoms with Crippen molar-refractivity contribution >= 4 is 28.4 Å². The number of benzene rings is 1. The van der Waals surface area contributed by atoms with Gasteiger partial charge < -0.3 is 9.47 Å². The molecule has 0 spiro atoms.